The molecule has 1 aliphatic rings. The zero-order chi connectivity index (χ0) is 16.4. The minimum atomic E-state index is -0.575. The van der Waals surface area contributed by atoms with Crippen molar-refractivity contribution in [1.29, 1.82) is 0 Å². The predicted octanol–water partition coefficient (Wildman–Crippen LogP) is 1.60. The summed E-state index contributed by atoms with van der Waals surface area (Å²) in [6.07, 6.45) is 1.17. The summed E-state index contributed by atoms with van der Waals surface area (Å²) in [5.74, 6) is 0.345. The maximum Gasteiger partial charge on any atom is 0.329 e. The second-order valence-electron chi connectivity index (χ2n) is 5.51. The molecule has 3 rings (SSSR count). The normalized spacial score (nSPS) is 14.8. The summed E-state index contributed by atoms with van der Waals surface area (Å²) in [6, 6.07) is 8.39. The van der Waals surface area contributed by atoms with Crippen molar-refractivity contribution in [3.05, 3.63) is 46.1 Å². The van der Waals surface area contributed by atoms with Crippen LogP contribution in [0.5, 0.6) is 0 Å². The molecule has 1 fully saturated rings. The van der Waals surface area contributed by atoms with Gasteiger partial charge in [0.25, 0.3) is 0 Å². The van der Waals surface area contributed by atoms with E-state index in [0.717, 1.165) is 26.2 Å². The third-order valence-electron chi connectivity index (χ3n) is 3.91. The number of aryl methyl sites for hydroxylation is 1. The van der Waals surface area contributed by atoms with Crippen molar-refractivity contribution in [2.45, 2.75) is 6.92 Å². The van der Waals surface area contributed by atoms with E-state index in [4.69, 9.17) is 5.73 Å². The Morgan fingerprint density at radius 2 is 1.91 bits per heavy atom. The van der Waals surface area contributed by atoms with Gasteiger partial charge in [0.05, 0.1) is 4.92 Å². The van der Waals surface area contributed by atoms with Crippen molar-refractivity contribution in [3.8, 4) is 0 Å². The summed E-state index contributed by atoms with van der Waals surface area (Å²) in [5, 5.41) is 10.8. The van der Waals surface area contributed by atoms with Gasteiger partial charge >= 0.3 is 5.69 Å². The molecule has 1 aromatic carbocycles. The third kappa shape index (κ3) is 3.15. The Labute approximate surface area is 133 Å². The van der Waals surface area contributed by atoms with Gasteiger partial charge in [-0.15, -0.1) is 0 Å². The fraction of sp³-hybridized carbons (Fsp3) is 0.333. The molecule has 0 aliphatic carbocycles. The van der Waals surface area contributed by atoms with Crippen LogP contribution in [0.1, 0.15) is 5.56 Å². The van der Waals surface area contributed by atoms with Crippen LogP contribution in [-0.2, 0) is 0 Å². The summed E-state index contributed by atoms with van der Waals surface area (Å²) in [6.45, 7) is 5.23. The zero-order valence-electron chi connectivity index (χ0n) is 12.8. The van der Waals surface area contributed by atoms with Crippen LogP contribution in [0.2, 0.25) is 0 Å². The molecule has 0 unspecified atom stereocenters. The number of piperazine rings is 1. The Hall–Kier alpha value is -2.90. The molecule has 0 saturated carbocycles. The highest BCUT2D eigenvalue weighted by Gasteiger charge is 2.22. The SMILES string of the molecule is Cc1cccc(N2CCN(c3ncc([N+](=O)[O-])c(N)n3)CC2)c1. The summed E-state index contributed by atoms with van der Waals surface area (Å²) >= 11 is 0. The van der Waals surface area contributed by atoms with E-state index in [1.165, 1.54) is 17.4 Å². The lowest BCUT2D eigenvalue weighted by atomic mass is 10.2. The number of nitrogens with two attached hydrogens (primary N) is 1. The van der Waals surface area contributed by atoms with E-state index in [2.05, 4.69) is 46.1 Å². The third-order valence-corrected chi connectivity index (χ3v) is 3.91. The first kappa shape index (κ1) is 15.0. The van der Waals surface area contributed by atoms with Gasteiger partial charge in [-0.2, -0.15) is 4.98 Å². The molecule has 0 amide bonds. The summed E-state index contributed by atoms with van der Waals surface area (Å²) in [5.41, 5.74) is 7.81. The molecule has 23 heavy (non-hydrogen) atoms. The number of hydrogen-bond donors (Lipinski definition) is 1. The predicted molar refractivity (Wildman–Crippen MR) is 88.7 cm³/mol. The van der Waals surface area contributed by atoms with Crippen LogP contribution < -0.4 is 15.5 Å². The van der Waals surface area contributed by atoms with Gasteiger partial charge in [-0.3, -0.25) is 10.1 Å². The average Bonchev–Trinajstić information content (AvgIpc) is 2.54. The monoisotopic (exact) mass is 314 g/mol. The maximum atomic E-state index is 10.8. The molecule has 0 bridgehead atoms. The van der Waals surface area contributed by atoms with Crippen molar-refractivity contribution < 1.29 is 4.92 Å². The van der Waals surface area contributed by atoms with E-state index >= 15 is 0 Å². The number of benzene rings is 1. The molecule has 2 aromatic rings. The Kier molecular flexibility index (Phi) is 3.96. The van der Waals surface area contributed by atoms with Gasteiger partial charge < -0.3 is 15.5 Å². The topological polar surface area (TPSA) is 101 Å². The molecule has 120 valence electrons. The molecule has 8 heteroatoms. The highest BCUT2D eigenvalue weighted by molar-refractivity contribution is 5.55. The lowest BCUT2D eigenvalue weighted by molar-refractivity contribution is -0.384. The van der Waals surface area contributed by atoms with Gasteiger partial charge in [0.15, 0.2) is 0 Å². The van der Waals surface area contributed by atoms with E-state index in [9.17, 15) is 10.1 Å². The maximum absolute atomic E-state index is 10.8. The first-order valence-electron chi connectivity index (χ1n) is 7.38. The van der Waals surface area contributed by atoms with Crippen LogP contribution in [0, 0.1) is 17.0 Å². The molecule has 2 N–H and O–H groups in total. The molecule has 2 heterocycles. The Morgan fingerprint density at radius 3 is 2.52 bits per heavy atom. The number of aromatic nitrogens is 2. The number of nitrogens with zero attached hydrogens (tertiary/aromatic N) is 5. The Balaban J connectivity index is 1.69. The zero-order valence-corrected chi connectivity index (χ0v) is 12.8. The van der Waals surface area contributed by atoms with E-state index in [0.29, 0.717) is 5.95 Å². The standard InChI is InChI=1S/C15H18N6O2/c1-11-3-2-4-12(9-11)19-5-7-20(8-6-19)15-17-10-13(21(22)23)14(16)18-15/h2-4,9-10H,5-8H2,1H3,(H2,16,17,18). The lowest BCUT2D eigenvalue weighted by Crippen LogP contribution is -2.47. The molecular weight excluding hydrogens is 296 g/mol. The molecular formula is C15H18N6O2. The number of nitro groups is 1. The summed E-state index contributed by atoms with van der Waals surface area (Å²) < 4.78 is 0. The van der Waals surface area contributed by atoms with Crippen LogP contribution in [0.15, 0.2) is 30.5 Å². The average molecular weight is 314 g/mol. The number of rotatable bonds is 3. The van der Waals surface area contributed by atoms with Gasteiger partial charge in [-0.1, -0.05) is 12.1 Å². The number of anilines is 3. The van der Waals surface area contributed by atoms with Crippen LogP contribution in [-0.4, -0.2) is 41.1 Å². The molecule has 1 aliphatic heterocycles. The number of hydrogen-bond acceptors (Lipinski definition) is 7. The number of nitrogen functional groups attached to an aromatic ring is 1. The van der Waals surface area contributed by atoms with Crippen LogP contribution >= 0.6 is 0 Å². The molecule has 1 saturated heterocycles. The first-order chi connectivity index (χ1) is 11.0. The van der Waals surface area contributed by atoms with Gasteiger partial charge in [0, 0.05) is 31.9 Å². The quantitative estimate of drug-likeness (QED) is 0.678. The van der Waals surface area contributed by atoms with Crippen molar-refractivity contribution in [3.63, 3.8) is 0 Å². The highest BCUT2D eigenvalue weighted by Crippen LogP contribution is 2.22. The second-order valence-corrected chi connectivity index (χ2v) is 5.51. The minimum absolute atomic E-state index is 0.0962. The molecule has 0 atom stereocenters. The molecule has 0 radical (unpaired) electrons. The van der Waals surface area contributed by atoms with Crippen LogP contribution in [0.25, 0.3) is 0 Å². The van der Waals surface area contributed by atoms with Crippen LogP contribution in [0.4, 0.5) is 23.1 Å². The summed E-state index contributed by atoms with van der Waals surface area (Å²) in [4.78, 5) is 22.6. The van der Waals surface area contributed by atoms with E-state index in [1.807, 2.05) is 4.90 Å². The Bertz CT molecular complexity index is 728. The fourth-order valence-electron chi connectivity index (χ4n) is 2.66. The van der Waals surface area contributed by atoms with Gasteiger partial charge in [0.2, 0.25) is 11.8 Å². The summed E-state index contributed by atoms with van der Waals surface area (Å²) in [7, 11) is 0. The smallest absolute Gasteiger partial charge is 0.329 e. The fourth-order valence-corrected chi connectivity index (χ4v) is 2.66. The van der Waals surface area contributed by atoms with Crippen molar-refractivity contribution in [2.24, 2.45) is 0 Å². The van der Waals surface area contributed by atoms with Gasteiger partial charge in [-0.25, -0.2) is 4.98 Å². The van der Waals surface area contributed by atoms with Crippen LogP contribution in [0.3, 0.4) is 0 Å². The molecule has 8 nitrogen and oxygen atoms in total. The lowest BCUT2D eigenvalue weighted by Gasteiger charge is -2.36. The first-order valence-corrected chi connectivity index (χ1v) is 7.38. The van der Waals surface area contributed by atoms with Crippen molar-refractivity contribution in [2.75, 3.05) is 41.7 Å². The van der Waals surface area contributed by atoms with Gasteiger partial charge in [0.1, 0.15) is 6.20 Å². The van der Waals surface area contributed by atoms with Crippen molar-refractivity contribution >= 4 is 23.1 Å². The largest absolute Gasteiger partial charge is 0.378 e. The van der Waals surface area contributed by atoms with Gasteiger partial charge in [-0.05, 0) is 24.6 Å². The second kappa shape index (κ2) is 6.07. The van der Waals surface area contributed by atoms with E-state index in [1.54, 1.807) is 0 Å². The Morgan fingerprint density at radius 1 is 1.22 bits per heavy atom. The van der Waals surface area contributed by atoms with Crippen molar-refractivity contribution in [1.82, 2.24) is 9.97 Å². The van der Waals surface area contributed by atoms with E-state index < -0.39 is 4.92 Å². The highest BCUT2D eigenvalue weighted by atomic mass is 16.6. The molecule has 0 spiro atoms. The van der Waals surface area contributed by atoms with E-state index in [-0.39, 0.29) is 11.5 Å². The minimum Gasteiger partial charge on any atom is -0.378 e. The molecule has 1 aromatic heterocycles.